The van der Waals surface area contributed by atoms with Crippen LogP contribution >= 0.6 is 0 Å². The first kappa shape index (κ1) is 16.6. The Balaban J connectivity index is 1.62. The number of Topliss-reactive ketones (excluding diaryl/α,β-unsaturated/α-hetero) is 1. The van der Waals surface area contributed by atoms with E-state index in [9.17, 15) is 9.59 Å². The molecule has 0 heterocycles. The fraction of sp³-hybridized carbons (Fsp3) is 0.905. The van der Waals surface area contributed by atoms with E-state index >= 15 is 0 Å². The predicted octanol–water partition coefficient (Wildman–Crippen LogP) is 4.53. The Morgan fingerprint density at radius 2 is 1.83 bits per heavy atom. The first-order valence-electron chi connectivity index (χ1n) is 10.1. The molecule has 0 saturated heterocycles. The average molecular weight is 332 g/mol. The van der Waals surface area contributed by atoms with E-state index in [1.807, 2.05) is 0 Å². The van der Waals surface area contributed by atoms with Crippen LogP contribution < -0.4 is 0 Å². The van der Waals surface area contributed by atoms with E-state index in [4.69, 9.17) is 4.74 Å². The van der Waals surface area contributed by atoms with Gasteiger partial charge in [-0.15, -0.1) is 0 Å². The molecule has 4 aliphatic rings. The zero-order chi connectivity index (χ0) is 17.1. The van der Waals surface area contributed by atoms with Gasteiger partial charge in [0.15, 0.2) is 0 Å². The van der Waals surface area contributed by atoms with Crippen molar-refractivity contribution in [2.24, 2.45) is 34.5 Å². The summed E-state index contributed by atoms with van der Waals surface area (Å²) in [4.78, 5) is 24.4. The number of rotatable bonds is 1. The van der Waals surface area contributed by atoms with E-state index in [-0.39, 0.29) is 22.9 Å². The van der Waals surface area contributed by atoms with E-state index in [1.165, 1.54) is 32.6 Å². The van der Waals surface area contributed by atoms with Crippen molar-refractivity contribution in [2.45, 2.75) is 84.7 Å². The second-order valence-electron chi connectivity index (χ2n) is 9.47. The van der Waals surface area contributed by atoms with E-state index in [2.05, 4.69) is 13.8 Å². The maximum atomic E-state index is 12.9. The minimum Gasteiger partial charge on any atom is -0.462 e. The lowest BCUT2D eigenvalue weighted by Gasteiger charge is -2.59. The highest BCUT2D eigenvalue weighted by atomic mass is 16.5. The summed E-state index contributed by atoms with van der Waals surface area (Å²) in [6, 6.07) is 0. The van der Waals surface area contributed by atoms with Crippen molar-refractivity contribution >= 4 is 11.8 Å². The van der Waals surface area contributed by atoms with Crippen LogP contribution in [0.25, 0.3) is 0 Å². The maximum Gasteiger partial charge on any atom is 0.302 e. The predicted molar refractivity (Wildman–Crippen MR) is 92.3 cm³/mol. The SMILES string of the molecule is CC(=O)O[C@H]1CC[C@H]2[C@@H]3CC[C@@H]4CCCC(=O)[C@]4(C)[C@H]3CC[C@]12C. The fourth-order valence-corrected chi connectivity index (χ4v) is 7.43. The molecule has 0 aromatic rings. The minimum atomic E-state index is -0.137. The summed E-state index contributed by atoms with van der Waals surface area (Å²) < 4.78 is 5.71. The second-order valence-corrected chi connectivity index (χ2v) is 9.47. The van der Waals surface area contributed by atoms with Crippen molar-refractivity contribution < 1.29 is 14.3 Å². The molecule has 134 valence electrons. The summed E-state index contributed by atoms with van der Waals surface area (Å²) in [6.45, 7) is 6.19. The Morgan fingerprint density at radius 1 is 1.04 bits per heavy atom. The number of esters is 1. The van der Waals surface area contributed by atoms with Crippen LogP contribution in [0.4, 0.5) is 0 Å². The minimum absolute atomic E-state index is 0.0674. The molecule has 4 saturated carbocycles. The van der Waals surface area contributed by atoms with Crippen LogP contribution in [0, 0.1) is 34.5 Å². The Kier molecular flexibility index (Phi) is 3.85. The highest BCUT2D eigenvalue weighted by Gasteiger charge is 2.62. The van der Waals surface area contributed by atoms with Crippen molar-refractivity contribution in [3.63, 3.8) is 0 Å². The summed E-state index contributed by atoms with van der Waals surface area (Å²) in [5, 5.41) is 0. The van der Waals surface area contributed by atoms with Gasteiger partial charge in [0, 0.05) is 24.2 Å². The maximum absolute atomic E-state index is 12.9. The molecule has 0 aliphatic heterocycles. The van der Waals surface area contributed by atoms with Crippen LogP contribution in [0.3, 0.4) is 0 Å². The van der Waals surface area contributed by atoms with E-state index in [0.717, 1.165) is 32.1 Å². The molecule has 24 heavy (non-hydrogen) atoms. The molecule has 0 unspecified atom stereocenters. The van der Waals surface area contributed by atoms with Gasteiger partial charge in [-0.05, 0) is 75.0 Å². The van der Waals surface area contributed by atoms with Gasteiger partial charge in [0.05, 0.1) is 0 Å². The lowest BCUT2D eigenvalue weighted by Crippen LogP contribution is -2.56. The number of carbonyl (C=O) groups excluding carboxylic acids is 2. The lowest BCUT2D eigenvalue weighted by atomic mass is 9.45. The summed E-state index contributed by atoms with van der Waals surface area (Å²) in [5.74, 6) is 2.89. The van der Waals surface area contributed by atoms with Crippen molar-refractivity contribution in [2.75, 3.05) is 0 Å². The Labute approximate surface area is 145 Å². The van der Waals surface area contributed by atoms with Crippen LogP contribution in [-0.4, -0.2) is 17.9 Å². The highest BCUT2D eigenvalue weighted by Crippen LogP contribution is 2.65. The molecule has 4 fully saturated rings. The van der Waals surface area contributed by atoms with Gasteiger partial charge in [0.1, 0.15) is 11.9 Å². The van der Waals surface area contributed by atoms with Gasteiger partial charge in [-0.2, -0.15) is 0 Å². The normalized spacial score (nSPS) is 50.6. The number of fused-ring (bicyclic) bond motifs is 5. The molecule has 3 nitrogen and oxygen atoms in total. The molecule has 7 atom stereocenters. The number of hydrogen-bond acceptors (Lipinski definition) is 3. The molecule has 0 spiro atoms. The molecule has 4 rings (SSSR count). The molecule has 4 aliphatic carbocycles. The third kappa shape index (κ3) is 2.15. The van der Waals surface area contributed by atoms with Crippen molar-refractivity contribution in [3.05, 3.63) is 0 Å². The number of ether oxygens (including phenoxy) is 1. The molecule has 0 amide bonds. The van der Waals surface area contributed by atoms with Crippen LogP contribution in [0.1, 0.15) is 78.6 Å². The summed E-state index contributed by atoms with van der Waals surface area (Å²) in [5.41, 5.74) is 0.0652. The lowest BCUT2D eigenvalue weighted by molar-refractivity contribution is -0.165. The first-order valence-corrected chi connectivity index (χ1v) is 10.1. The van der Waals surface area contributed by atoms with Crippen LogP contribution in [0.2, 0.25) is 0 Å². The molecule has 0 N–H and O–H groups in total. The standard InChI is InChI=1S/C21H32O3/c1-13(22)24-19-10-9-16-15-8-7-14-5-4-6-18(23)21(14,3)17(15)11-12-20(16,19)2/h14-17,19H,4-12H2,1-3H3/t14-,15-,16-,17-,19-,20-,21-/m0/s1. The van der Waals surface area contributed by atoms with Gasteiger partial charge >= 0.3 is 5.97 Å². The Bertz CT molecular complexity index is 555. The molecular formula is C21H32O3. The van der Waals surface area contributed by atoms with Crippen LogP contribution in [0.15, 0.2) is 0 Å². The summed E-state index contributed by atoms with van der Waals surface area (Å²) >= 11 is 0. The van der Waals surface area contributed by atoms with Crippen LogP contribution in [0.5, 0.6) is 0 Å². The molecule has 0 radical (unpaired) electrons. The summed E-state index contributed by atoms with van der Waals surface area (Å²) in [6.07, 6.45) is 10.2. The zero-order valence-electron chi connectivity index (χ0n) is 15.5. The van der Waals surface area contributed by atoms with Gasteiger partial charge in [-0.25, -0.2) is 0 Å². The van der Waals surface area contributed by atoms with Crippen molar-refractivity contribution in [1.82, 2.24) is 0 Å². The van der Waals surface area contributed by atoms with Crippen LogP contribution in [-0.2, 0) is 14.3 Å². The quantitative estimate of drug-likeness (QED) is 0.663. The largest absolute Gasteiger partial charge is 0.462 e. The zero-order valence-corrected chi connectivity index (χ0v) is 15.5. The molecule has 3 heteroatoms. The number of carbonyl (C=O) groups is 2. The highest BCUT2D eigenvalue weighted by molar-refractivity contribution is 5.86. The molecular weight excluding hydrogens is 300 g/mol. The smallest absolute Gasteiger partial charge is 0.302 e. The molecule has 0 bridgehead atoms. The van der Waals surface area contributed by atoms with E-state index < -0.39 is 0 Å². The van der Waals surface area contributed by atoms with Gasteiger partial charge < -0.3 is 4.74 Å². The number of ketones is 1. The third-order valence-electron chi connectivity index (χ3n) is 8.68. The van der Waals surface area contributed by atoms with Gasteiger partial charge in [0.2, 0.25) is 0 Å². The van der Waals surface area contributed by atoms with Gasteiger partial charge in [-0.1, -0.05) is 13.8 Å². The van der Waals surface area contributed by atoms with Crippen molar-refractivity contribution in [3.8, 4) is 0 Å². The van der Waals surface area contributed by atoms with Gasteiger partial charge in [0.25, 0.3) is 0 Å². The Hall–Kier alpha value is -0.860. The monoisotopic (exact) mass is 332 g/mol. The molecule has 0 aromatic carbocycles. The fourth-order valence-electron chi connectivity index (χ4n) is 7.43. The van der Waals surface area contributed by atoms with Crippen molar-refractivity contribution in [1.29, 1.82) is 0 Å². The van der Waals surface area contributed by atoms with E-state index in [0.29, 0.717) is 29.5 Å². The van der Waals surface area contributed by atoms with E-state index in [1.54, 1.807) is 0 Å². The topological polar surface area (TPSA) is 43.4 Å². The number of hydrogen-bond donors (Lipinski definition) is 0. The second kappa shape index (κ2) is 5.57. The third-order valence-corrected chi connectivity index (χ3v) is 8.68. The molecule has 0 aromatic heterocycles. The Morgan fingerprint density at radius 3 is 2.58 bits per heavy atom. The first-order chi connectivity index (χ1) is 11.4. The average Bonchev–Trinajstić information content (AvgIpc) is 2.85. The van der Waals surface area contributed by atoms with Gasteiger partial charge in [-0.3, -0.25) is 9.59 Å². The summed E-state index contributed by atoms with van der Waals surface area (Å²) in [7, 11) is 0.